The molecule has 10 nitrogen and oxygen atoms in total. The maximum Gasteiger partial charge on any atom is 0.316 e. The van der Waals surface area contributed by atoms with Crippen LogP contribution in [0.2, 0.25) is 0 Å². The van der Waals surface area contributed by atoms with Gasteiger partial charge in [0.15, 0.2) is 5.79 Å². The topological polar surface area (TPSA) is 136 Å². The van der Waals surface area contributed by atoms with Crippen LogP contribution in [0.3, 0.4) is 0 Å². The van der Waals surface area contributed by atoms with Crippen LogP contribution < -0.4 is 0 Å². The van der Waals surface area contributed by atoms with Crippen LogP contribution in [0.5, 0.6) is 0 Å². The fraction of sp³-hybridized carbons (Fsp3) is 0.676. The summed E-state index contributed by atoms with van der Waals surface area (Å²) in [7, 11) is 1.53. The lowest BCUT2D eigenvalue weighted by molar-refractivity contribution is -0.313. The van der Waals surface area contributed by atoms with Gasteiger partial charge in [0.05, 0.1) is 31.1 Å². The second-order valence-electron chi connectivity index (χ2n) is 14.5. The summed E-state index contributed by atoms with van der Waals surface area (Å²) in [6.45, 7) is 12.1. The van der Waals surface area contributed by atoms with Crippen LogP contribution in [0.15, 0.2) is 63.9 Å². The highest BCUT2D eigenvalue weighted by molar-refractivity contribution is 5.88. The summed E-state index contributed by atoms with van der Waals surface area (Å²) in [5.41, 5.74) is 2.01. The highest BCUT2D eigenvalue weighted by Crippen LogP contribution is 2.47. The van der Waals surface area contributed by atoms with E-state index in [2.05, 4.69) is 45.9 Å². The molecule has 3 fully saturated rings. The smallest absolute Gasteiger partial charge is 0.316 e. The van der Waals surface area contributed by atoms with Gasteiger partial charge in [0.2, 0.25) is 0 Å². The van der Waals surface area contributed by atoms with E-state index in [0.717, 1.165) is 16.9 Å². The number of rotatable bonds is 4. The lowest BCUT2D eigenvalue weighted by Gasteiger charge is -2.50. The number of allylic oxidation sites excluding steroid dienone is 4. The minimum atomic E-state index is -1.78. The average molecular weight is 656 g/mol. The van der Waals surface area contributed by atoms with E-state index in [1.54, 1.807) is 19.1 Å². The van der Waals surface area contributed by atoms with Crippen molar-refractivity contribution in [3.63, 3.8) is 0 Å². The van der Waals surface area contributed by atoms with Gasteiger partial charge in [-0.25, -0.2) is 0 Å². The highest BCUT2D eigenvalue weighted by atomic mass is 16.7. The number of carbonyl (C=O) groups is 1. The Morgan fingerprint density at radius 2 is 2.00 bits per heavy atom. The zero-order chi connectivity index (χ0) is 34.1. The molecular weight excluding hydrogens is 602 g/mol. The molecule has 4 heterocycles. The molecule has 5 rings (SSSR count). The van der Waals surface area contributed by atoms with Crippen molar-refractivity contribution >= 4 is 11.7 Å². The van der Waals surface area contributed by atoms with Crippen LogP contribution in [0.4, 0.5) is 0 Å². The fourth-order valence-electron chi connectivity index (χ4n) is 7.94. The van der Waals surface area contributed by atoms with Crippen LogP contribution in [-0.2, 0) is 28.6 Å². The van der Waals surface area contributed by atoms with E-state index in [0.29, 0.717) is 42.7 Å². The van der Waals surface area contributed by atoms with Crippen molar-refractivity contribution in [2.75, 3.05) is 20.3 Å². The molecule has 10 heteroatoms. The van der Waals surface area contributed by atoms with Gasteiger partial charge in [-0.2, -0.15) is 0 Å². The van der Waals surface area contributed by atoms with Crippen LogP contribution >= 0.6 is 0 Å². The number of aliphatic hydroxyl groups excluding tert-OH is 2. The molecule has 0 unspecified atom stereocenters. The molecule has 3 N–H and O–H groups in total. The van der Waals surface area contributed by atoms with Crippen LogP contribution in [0, 0.1) is 23.7 Å². The molecule has 1 spiro atoms. The average Bonchev–Trinajstić information content (AvgIpc) is 3.34. The largest absolute Gasteiger partial charge is 0.462 e. The summed E-state index contributed by atoms with van der Waals surface area (Å²) in [6.07, 6.45) is 10.1. The van der Waals surface area contributed by atoms with Crippen molar-refractivity contribution in [1.29, 1.82) is 0 Å². The zero-order valence-corrected chi connectivity index (χ0v) is 28.8. The number of oxime groups is 1. The molecule has 0 aromatic rings. The molecule has 1 aliphatic carbocycles. The molecule has 0 saturated carbocycles. The molecule has 3 saturated heterocycles. The monoisotopic (exact) mass is 655 g/mol. The first-order chi connectivity index (χ1) is 22.3. The van der Waals surface area contributed by atoms with Gasteiger partial charge >= 0.3 is 5.97 Å². The van der Waals surface area contributed by atoms with Crippen molar-refractivity contribution in [3.8, 4) is 0 Å². The van der Waals surface area contributed by atoms with Gasteiger partial charge in [-0.15, -0.1) is 0 Å². The third-order valence-electron chi connectivity index (χ3n) is 10.2. The van der Waals surface area contributed by atoms with E-state index in [4.69, 9.17) is 23.8 Å². The summed E-state index contributed by atoms with van der Waals surface area (Å²) in [5, 5.41) is 37.8. The van der Waals surface area contributed by atoms with Crippen molar-refractivity contribution in [2.45, 2.75) is 116 Å². The zero-order valence-electron chi connectivity index (χ0n) is 28.8. The Morgan fingerprint density at radius 1 is 1.23 bits per heavy atom. The van der Waals surface area contributed by atoms with Crippen molar-refractivity contribution in [1.82, 2.24) is 0 Å². The third-order valence-corrected chi connectivity index (χ3v) is 10.2. The van der Waals surface area contributed by atoms with Gasteiger partial charge in [0, 0.05) is 25.2 Å². The molecule has 260 valence electrons. The summed E-state index contributed by atoms with van der Waals surface area (Å²) in [4.78, 5) is 19.4. The molecule has 4 aliphatic heterocycles. The molecule has 5 aliphatic rings. The lowest BCUT2D eigenvalue weighted by Crippen LogP contribution is -2.59. The first-order valence-electron chi connectivity index (χ1n) is 17.0. The molecule has 0 radical (unpaired) electrons. The summed E-state index contributed by atoms with van der Waals surface area (Å²) >= 11 is 0. The molecule has 0 aromatic carbocycles. The van der Waals surface area contributed by atoms with E-state index in [9.17, 15) is 20.1 Å². The first-order valence-corrected chi connectivity index (χ1v) is 17.0. The Morgan fingerprint density at radius 3 is 2.70 bits per heavy atom. The van der Waals surface area contributed by atoms with E-state index in [1.807, 2.05) is 18.2 Å². The molecule has 0 aromatic heterocycles. The number of fused-ring (bicyclic) bond motifs is 2. The van der Waals surface area contributed by atoms with Gasteiger partial charge in [0.1, 0.15) is 36.9 Å². The van der Waals surface area contributed by atoms with Crippen molar-refractivity contribution < 1.29 is 43.9 Å². The number of carbonyl (C=O) groups excluding carboxylic acids is 1. The van der Waals surface area contributed by atoms with Gasteiger partial charge in [-0.1, -0.05) is 69.3 Å². The number of hydrogen-bond acceptors (Lipinski definition) is 10. The minimum absolute atomic E-state index is 0.0675. The van der Waals surface area contributed by atoms with Crippen LogP contribution in [-0.4, -0.2) is 89.2 Å². The number of nitrogens with zero attached hydrogens (tertiary/aromatic N) is 1. The second-order valence-corrected chi connectivity index (χ2v) is 14.5. The Balaban J connectivity index is 1.56. The standard InChI is InChI=1S/C37H53NO9/c1-21(2)13-24(5)33-25(6)31(38-43-7)18-36(47-33)17-29-16-28(46-36)12-11-26(19-39)14-22(3)9-8-10-27-20-44-34-32(40)23(4)15-30(35(41)45-29)37(27,34)42/h8-11,13,15,21-22,25,28-30,32-34,39-40,42H,12,14,16-20H2,1-7H3/b9-8+,24-13+,26-11-,27-10+,38-31+/t22-,25-,28+,29-,30-,32+,33+,34+,36-,37+/m0/s1. The summed E-state index contributed by atoms with van der Waals surface area (Å²) in [6, 6.07) is 0. The van der Waals surface area contributed by atoms with Gasteiger partial charge in [-0.05, 0) is 60.8 Å². The van der Waals surface area contributed by atoms with Crippen molar-refractivity contribution in [2.24, 2.45) is 28.8 Å². The fourth-order valence-corrected chi connectivity index (χ4v) is 7.94. The minimum Gasteiger partial charge on any atom is -0.462 e. The first kappa shape index (κ1) is 35.7. The van der Waals surface area contributed by atoms with E-state index in [1.165, 1.54) is 7.11 Å². The van der Waals surface area contributed by atoms with E-state index in [-0.39, 0.29) is 43.7 Å². The SMILES string of the molecule is CO/N=C1\C[C@]2(C[C@@H]3C[C@@H](C/C=C(\CO)C[C@@H](C)/C=C/C=C4\CO[C@@H]5[C@H](O)C(C)=C[C@@H](C(=O)O3)[C@]45O)O2)O[C@H](/C(C)=C/C(C)C)[C@H]1C. The quantitative estimate of drug-likeness (QED) is 0.224. The van der Waals surface area contributed by atoms with E-state index < -0.39 is 41.6 Å². The van der Waals surface area contributed by atoms with Gasteiger partial charge in [-0.3, -0.25) is 4.79 Å². The number of esters is 1. The van der Waals surface area contributed by atoms with Gasteiger partial charge in [0.25, 0.3) is 0 Å². The normalized spacial score (nSPS) is 43.8. The van der Waals surface area contributed by atoms with Crippen LogP contribution in [0.25, 0.3) is 0 Å². The number of ether oxygens (including phenoxy) is 4. The van der Waals surface area contributed by atoms with E-state index >= 15 is 0 Å². The number of hydrogen-bond donors (Lipinski definition) is 3. The Bertz CT molecular complexity index is 1360. The van der Waals surface area contributed by atoms with Gasteiger partial charge < -0.3 is 39.1 Å². The maximum atomic E-state index is 14.2. The van der Waals surface area contributed by atoms with Crippen molar-refractivity contribution in [3.05, 3.63) is 58.7 Å². The highest BCUT2D eigenvalue weighted by Gasteiger charge is 2.60. The third kappa shape index (κ3) is 7.38. The second kappa shape index (κ2) is 14.5. The predicted molar refractivity (Wildman–Crippen MR) is 177 cm³/mol. The lowest BCUT2D eigenvalue weighted by atomic mass is 9.71. The predicted octanol–water partition coefficient (Wildman–Crippen LogP) is 4.70. The maximum absolute atomic E-state index is 14.2. The number of aliphatic hydroxyl groups is 3. The molecular formula is C37H53NO9. The Hall–Kier alpha value is -2.60. The molecule has 0 amide bonds. The molecule has 47 heavy (non-hydrogen) atoms. The summed E-state index contributed by atoms with van der Waals surface area (Å²) in [5.74, 6) is -2.50. The molecule has 2 bridgehead atoms. The Labute approximate surface area is 278 Å². The molecule has 10 atom stereocenters. The Kier molecular flexibility index (Phi) is 11.0. The van der Waals surface area contributed by atoms with Crippen LogP contribution in [0.1, 0.15) is 73.6 Å². The summed E-state index contributed by atoms with van der Waals surface area (Å²) < 4.78 is 25.9.